The van der Waals surface area contributed by atoms with E-state index in [1.807, 2.05) is 23.1 Å². The molecule has 1 aliphatic rings. The summed E-state index contributed by atoms with van der Waals surface area (Å²) in [5, 5.41) is 14.6. The number of nitrogen functional groups attached to an aromatic ring is 1. The number of hydrogen-bond donors (Lipinski definition) is 2. The summed E-state index contributed by atoms with van der Waals surface area (Å²) in [6.45, 7) is 3.91. The molecular weight excluding hydrogens is 380 g/mol. The summed E-state index contributed by atoms with van der Waals surface area (Å²) in [5.74, 6) is 6.98. The summed E-state index contributed by atoms with van der Waals surface area (Å²) in [6.07, 6.45) is 2.34. The van der Waals surface area contributed by atoms with Gasteiger partial charge >= 0.3 is 0 Å². The molecule has 9 heteroatoms. The number of aliphatic hydroxyl groups is 1. The van der Waals surface area contributed by atoms with Gasteiger partial charge in [-0.3, -0.25) is 0 Å². The van der Waals surface area contributed by atoms with Gasteiger partial charge in [-0.15, -0.1) is 0 Å². The third kappa shape index (κ3) is 3.38. The monoisotopic (exact) mass is 396 g/mol. The Labute approximate surface area is 166 Å². The van der Waals surface area contributed by atoms with Crippen molar-refractivity contribution in [3.8, 4) is 11.8 Å². The average Bonchev–Trinajstić information content (AvgIpc) is 3.28. The fraction of sp³-hybridized carbons (Fsp3) is 0.263. The van der Waals surface area contributed by atoms with Gasteiger partial charge in [-0.25, -0.2) is 4.98 Å². The quantitative estimate of drug-likeness (QED) is 0.634. The smallest absolute Gasteiger partial charge is 0.271 e. The molecule has 0 saturated heterocycles. The fourth-order valence-corrected chi connectivity index (χ4v) is 3.17. The van der Waals surface area contributed by atoms with Crippen molar-refractivity contribution in [1.82, 2.24) is 20.1 Å². The maximum Gasteiger partial charge on any atom is 0.271 e. The van der Waals surface area contributed by atoms with E-state index in [1.54, 1.807) is 6.92 Å². The first kappa shape index (κ1) is 18.2. The lowest BCUT2D eigenvalue weighted by Crippen LogP contribution is -2.19. The minimum atomic E-state index is -1.55. The number of aromatic nitrogens is 4. The molecule has 0 unspecified atom stereocenters. The lowest BCUT2D eigenvalue weighted by Gasteiger charge is -2.19. The van der Waals surface area contributed by atoms with E-state index in [0.717, 1.165) is 29.8 Å². The van der Waals surface area contributed by atoms with Gasteiger partial charge in [0, 0.05) is 17.8 Å². The number of rotatable bonds is 2. The maximum atomic E-state index is 10.5. The lowest BCUT2D eigenvalue weighted by molar-refractivity contribution is 0.0815. The summed E-state index contributed by atoms with van der Waals surface area (Å²) >= 11 is 6.27. The van der Waals surface area contributed by atoms with E-state index >= 15 is 0 Å². The summed E-state index contributed by atoms with van der Waals surface area (Å²) < 4.78 is 5.03. The first-order valence-corrected chi connectivity index (χ1v) is 8.96. The molecule has 3 heterocycles. The molecule has 4 rings (SSSR count). The fourth-order valence-electron chi connectivity index (χ4n) is 2.98. The highest BCUT2D eigenvalue weighted by Crippen LogP contribution is 2.37. The van der Waals surface area contributed by atoms with Crippen LogP contribution in [0.1, 0.15) is 29.8 Å². The van der Waals surface area contributed by atoms with Crippen molar-refractivity contribution in [2.24, 2.45) is 0 Å². The molecule has 3 N–H and O–H groups in total. The molecule has 0 amide bonds. The predicted octanol–water partition coefficient (Wildman–Crippen LogP) is 2.36. The lowest BCUT2D eigenvalue weighted by atomic mass is 10.1. The number of halogens is 1. The van der Waals surface area contributed by atoms with Crippen molar-refractivity contribution in [2.45, 2.75) is 25.9 Å². The van der Waals surface area contributed by atoms with Crippen molar-refractivity contribution in [3.05, 3.63) is 52.3 Å². The van der Waals surface area contributed by atoms with Crippen molar-refractivity contribution < 1.29 is 9.63 Å². The van der Waals surface area contributed by atoms with Gasteiger partial charge in [0.15, 0.2) is 11.6 Å². The first-order valence-electron chi connectivity index (χ1n) is 8.58. The van der Waals surface area contributed by atoms with E-state index in [9.17, 15) is 5.11 Å². The normalized spacial score (nSPS) is 14.9. The zero-order chi connectivity index (χ0) is 19.9. The van der Waals surface area contributed by atoms with E-state index < -0.39 is 5.60 Å². The first-order chi connectivity index (χ1) is 13.3. The van der Waals surface area contributed by atoms with E-state index in [2.05, 4.69) is 31.9 Å². The van der Waals surface area contributed by atoms with Gasteiger partial charge in [-0.05, 0) is 38.0 Å². The number of fused-ring (bicyclic) bond motifs is 1. The van der Waals surface area contributed by atoms with Crippen LogP contribution in [0.4, 0.5) is 17.5 Å². The second kappa shape index (κ2) is 6.78. The Morgan fingerprint density at radius 1 is 1.36 bits per heavy atom. The van der Waals surface area contributed by atoms with Crippen molar-refractivity contribution >= 4 is 29.1 Å². The molecule has 0 spiro atoms. The zero-order valence-electron chi connectivity index (χ0n) is 15.3. The van der Waals surface area contributed by atoms with Crippen LogP contribution in [0, 0.1) is 18.8 Å². The van der Waals surface area contributed by atoms with Crippen LogP contribution in [0.3, 0.4) is 0 Å². The molecule has 0 saturated carbocycles. The molecule has 1 aromatic carbocycles. The highest BCUT2D eigenvalue weighted by molar-refractivity contribution is 6.33. The van der Waals surface area contributed by atoms with Crippen LogP contribution in [0.15, 0.2) is 28.9 Å². The standard InChI is InChI=1S/C19H17ClN6O2/c1-11-23-17(28-25-11)19(2,27)7-5-12-3-4-13-6-8-26(15(13)9-12)16-14(20)10-22-18(21)24-16/h3-4,9-10,27H,6,8H2,1-2H3,(H2,21,22,24)/t19-/m0/s1. The van der Waals surface area contributed by atoms with Gasteiger partial charge in [0.2, 0.25) is 11.5 Å². The Morgan fingerprint density at radius 2 is 2.18 bits per heavy atom. The molecule has 3 aromatic rings. The number of nitrogens with zero attached hydrogens (tertiary/aromatic N) is 5. The average molecular weight is 397 g/mol. The van der Waals surface area contributed by atoms with Gasteiger partial charge in [0.25, 0.3) is 5.89 Å². The highest BCUT2D eigenvalue weighted by atomic mass is 35.5. The van der Waals surface area contributed by atoms with E-state index in [-0.39, 0.29) is 11.8 Å². The second-order valence-electron chi connectivity index (χ2n) is 6.61. The Bertz CT molecular complexity index is 1120. The molecule has 0 fully saturated rings. The van der Waals surface area contributed by atoms with Gasteiger partial charge in [-0.2, -0.15) is 9.97 Å². The minimum absolute atomic E-state index is 0.0588. The van der Waals surface area contributed by atoms with Crippen LogP contribution in [0.2, 0.25) is 5.02 Å². The summed E-state index contributed by atoms with van der Waals surface area (Å²) in [5.41, 5.74) is 6.99. The minimum Gasteiger partial charge on any atom is -0.370 e. The van der Waals surface area contributed by atoms with Crippen LogP contribution >= 0.6 is 11.6 Å². The summed E-state index contributed by atoms with van der Waals surface area (Å²) in [7, 11) is 0. The van der Waals surface area contributed by atoms with Crippen molar-refractivity contribution in [2.75, 3.05) is 17.2 Å². The van der Waals surface area contributed by atoms with Crippen molar-refractivity contribution in [3.63, 3.8) is 0 Å². The molecule has 0 aliphatic carbocycles. The Balaban J connectivity index is 1.67. The van der Waals surface area contributed by atoms with Gasteiger partial charge < -0.3 is 20.3 Å². The molecule has 1 atom stereocenters. The zero-order valence-corrected chi connectivity index (χ0v) is 16.0. The highest BCUT2D eigenvalue weighted by Gasteiger charge is 2.28. The SMILES string of the molecule is Cc1noc([C@@](C)(O)C#Cc2ccc3c(c2)N(c2nc(N)ncc2Cl)CC3)n1. The third-order valence-corrected chi connectivity index (χ3v) is 4.64. The topological polar surface area (TPSA) is 114 Å². The largest absolute Gasteiger partial charge is 0.370 e. The van der Waals surface area contributed by atoms with Crippen LogP contribution in [0.25, 0.3) is 0 Å². The molecule has 142 valence electrons. The number of aryl methyl sites for hydroxylation is 1. The molecule has 1 aliphatic heterocycles. The van der Waals surface area contributed by atoms with Gasteiger partial charge in [0.1, 0.15) is 5.02 Å². The molecular formula is C19H17ClN6O2. The molecule has 0 bridgehead atoms. The third-order valence-electron chi connectivity index (χ3n) is 4.37. The summed E-state index contributed by atoms with van der Waals surface area (Å²) in [4.78, 5) is 14.2. The number of nitrogens with two attached hydrogens (primary N) is 1. The van der Waals surface area contributed by atoms with Crippen LogP contribution in [-0.4, -0.2) is 31.8 Å². The molecule has 8 nitrogen and oxygen atoms in total. The van der Waals surface area contributed by atoms with Crippen molar-refractivity contribution in [1.29, 1.82) is 0 Å². The number of benzene rings is 1. The number of anilines is 3. The van der Waals surface area contributed by atoms with E-state index in [4.69, 9.17) is 21.9 Å². The Kier molecular flexibility index (Phi) is 4.41. The summed E-state index contributed by atoms with van der Waals surface area (Å²) in [6, 6.07) is 5.84. The van der Waals surface area contributed by atoms with E-state index in [0.29, 0.717) is 16.7 Å². The molecule has 0 radical (unpaired) electrons. The predicted molar refractivity (Wildman–Crippen MR) is 104 cm³/mol. The van der Waals surface area contributed by atoms with Crippen LogP contribution in [0.5, 0.6) is 0 Å². The van der Waals surface area contributed by atoms with Crippen LogP contribution < -0.4 is 10.6 Å². The molecule has 2 aromatic heterocycles. The Morgan fingerprint density at radius 3 is 2.93 bits per heavy atom. The molecule has 28 heavy (non-hydrogen) atoms. The van der Waals surface area contributed by atoms with E-state index in [1.165, 1.54) is 13.1 Å². The van der Waals surface area contributed by atoms with Gasteiger partial charge in [0.05, 0.1) is 6.20 Å². The Hall–Kier alpha value is -3.15. The maximum absolute atomic E-state index is 10.5. The van der Waals surface area contributed by atoms with Gasteiger partial charge in [-0.1, -0.05) is 34.7 Å². The van der Waals surface area contributed by atoms with Crippen LogP contribution in [-0.2, 0) is 12.0 Å². The number of hydrogen-bond acceptors (Lipinski definition) is 8. The second-order valence-corrected chi connectivity index (χ2v) is 7.02.